The standard InChI is InChI=1S/C15H17N3O4/c1-10-8-12(18-22-10)17-14(20)13(19)16-9-15(2,21)11-6-4-3-5-7-11/h3-8,21H,9H2,1-2H3,(H,16,19)(H,17,18,20). The molecule has 1 atom stereocenters. The van der Waals surface area contributed by atoms with Crippen LogP contribution in [0, 0.1) is 6.92 Å². The summed E-state index contributed by atoms with van der Waals surface area (Å²) in [5.41, 5.74) is -0.635. The lowest BCUT2D eigenvalue weighted by Crippen LogP contribution is -2.43. The van der Waals surface area contributed by atoms with Gasteiger partial charge in [0, 0.05) is 6.07 Å². The lowest BCUT2D eigenvalue weighted by atomic mass is 9.96. The molecule has 2 amide bonds. The minimum Gasteiger partial charge on any atom is -0.384 e. The van der Waals surface area contributed by atoms with Crippen molar-refractivity contribution in [3.8, 4) is 0 Å². The molecule has 0 aliphatic rings. The number of anilines is 1. The molecule has 0 bridgehead atoms. The van der Waals surface area contributed by atoms with Gasteiger partial charge in [-0.25, -0.2) is 0 Å². The second-order valence-corrected chi connectivity index (χ2v) is 5.10. The third-order valence-corrected chi connectivity index (χ3v) is 3.06. The highest BCUT2D eigenvalue weighted by atomic mass is 16.5. The van der Waals surface area contributed by atoms with E-state index in [2.05, 4.69) is 15.8 Å². The van der Waals surface area contributed by atoms with Crippen molar-refractivity contribution < 1.29 is 19.2 Å². The van der Waals surface area contributed by atoms with Crippen molar-refractivity contribution in [1.29, 1.82) is 0 Å². The molecule has 0 fully saturated rings. The summed E-state index contributed by atoms with van der Waals surface area (Å²) in [5.74, 6) is -1.07. The molecule has 1 heterocycles. The van der Waals surface area contributed by atoms with Crippen molar-refractivity contribution in [3.63, 3.8) is 0 Å². The van der Waals surface area contributed by atoms with Crippen molar-refractivity contribution in [2.24, 2.45) is 0 Å². The summed E-state index contributed by atoms with van der Waals surface area (Å²) >= 11 is 0. The molecular weight excluding hydrogens is 286 g/mol. The molecular formula is C15H17N3O4. The third-order valence-electron chi connectivity index (χ3n) is 3.06. The zero-order chi connectivity index (χ0) is 16.2. The van der Waals surface area contributed by atoms with E-state index < -0.39 is 17.4 Å². The number of aryl methyl sites for hydroxylation is 1. The average Bonchev–Trinajstić information content (AvgIpc) is 2.91. The summed E-state index contributed by atoms with van der Waals surface area (Å²) in [7, 11) is 0. The van der Waals surface area contributed by atoms with Crippen molar-refractivity contribution >= 4 is 17.6 Å². The van der Waals surface area contributed by atoms with Crippen LogP contribution in [0.3, 0.4) is 0 Å². The number of rotatable bonds is 4. The Morgan fingerprint density at radius 3 is 2.55 bits per heavy atom. The van der Waals surface area contributed by atoms with Crippen molar-refractivity contribution in [2.45, 2.75) is 19.4 Å². The van der Waals surface area contributed by atoms with E-state index in [0.717, 1.165) is 0 Å². The predicted molar refractivity (Wildman–Crippen MR) is 78.9 cm³/mol. The van der Waals surface area contributed by atoms with Crippen molar-refractivity contribution in [1.82, 2.24) is 10.5 Å². The number of carbonyl (C=O) groups excluding carboxylic acids is 2. The topological polar surface area (TPSA) is 104 Å². The maximum Gasteiger partial charge on any atom is 0.314 e. The number of hydrogen-bond donors (Lipinski definition) is 3. The molecule has 1 aromatic heterocycles. The number of nitrogens with zero attached hydrogens (tertiary/aromatic N) is 1. The van der Waals surface area contributed by atoms with Gasteiger partial charge in [-0.05, 0) is 19.4 Å². The molecule has 7 heteroatoms. The fourth-order valence-electron chi connectivity index (χ4n) is 1.83. The van der Waals surface area contributed by atoms with Crippen LogP contribution in [0.5, 0.6) is 0 Å². The van der Waals surface area contributed by atoms with Crippen LogP contribution in [0.2, 0.25) is 0 Å². The van der Waals surface area contributed by atoms with Crippen LogP contribution in [0.1, 0.15) is 18.2 Å². The number of carbonyl (C=O) groups is 2. The SMILES string of the molecule is Cc1cc(NC(=O)C(=O)NCC(C)(O)c2ccccc2)no1. The first-order valence-electron chi connectivity index (χ1n) is 6.69. The Bertz CT molecular complexity index is 664. The highest BCUT2D eigenvalue weighted by Gasteiger charge is 2.25. The fourth-order valence-corrected chi connectivity index (χ4v) is 1.83. The van der Waals surface area contributed by atoms with Gasteiger partial charge in [0.15, 0.2) is 5.82 Å². The summed E-state index contributed by atoms with van der Waals surface area (Å²) < 4.78 is 4.78. The van der Waals surface area contributed by atoms with Gasteiger partial charge >= 0.3 is 11.8 Å². The molecule has 0 saturated heterocycles. The quantitative estimate of drug-likeness (QED) is 0.729. The summed E-state index contributed by atoms with van der Waals surface area (Å²) in [4.78, 5) is 23.4. The lowest BCUT2D eigenvalue weighted by molar-refractivity contribution is -0.136. The molecule has 2 aromatic rings. The number of nitrogens with one attached hydrogen (secondary N) is 2. The summed E-state index contributed by atoms with van der Waals surface area (Å²) in [6, 6.07) is 10.4. The molecule has 3 N–H and O–H groups in total. The Kier molecular flexibility index (Phi) is 4.57. The molecule has 1 aromatic carbocycles. The molecule has 116 valence electrons. The number of amides is 2. The number of aliphatic hydroxyl groups is 1. The first kappa shape index (κ1) is 15.7. The van der Waals surface area contributed by atoms with E-state index in [1.54, 1.807) is 38.1 Å². The molecule has 0 aliphatic heterocycles. The zero-order valence-electron chi connectivity index (χ0n) is 12.3. The van der Waals surface area contributed by atoms with Crippen LogP contribution in [0.15, 0.2) is 40.9 Å². The maximum absolute atomic E-state index is 11.7. The number of benzene rings is 1. The van der Waals surface area contributed by atoms with Crippen molar-refractivity contribution in [2.75, 3.05) is 11.9 Å². The van der Waals surface area contributed by atoms with Gasteiger partial charge in [0.1, 0.15) is 11.4 Å². The fraction of sp³-hybridized carbons (Fsp3) is 0.267. The van der Waals surface area contributed by atoms with E-state index >= 15 is 0 Å². The average molecular weight is 303 g/mol. The largest absolute Gasteiger partial charge is 0.384 e. The smallest absolute Gasteiger partial charge is 0.314 e. The third kappa shape index (κ3) is 3.92. The van der Waals surface area contributed by atoms with Crippen molar-refractivity contribution in [3.05, 3.63) is 47.7 Å². The Hall–Kier alpha value is -2.67. The molecule has 1 unspecified atom stereocenters. The molecule has 2 rings (SSSR count). The predicted octanol–water partition coefficient (Wildman–Crippen LogP) is 0.945. The zero-order valence-corrected chi connectivity index (χ0v) is 12.3. The molecule has 7 nitrogen and oxygen atoms in total. The van der Waals surface area contributed by atoms with Gasteiger partial charge in [0.25, 0.3) is 0 Å². The van der Waals surface area contributed by atoms with Gasteiger partial charge in [0.05, 0.1) is 6.54 Å². The second-order valence-electron chi connectivity index (χ2n) is 5.10. The summed E-state index contributed by atoms with van der Waals surface area (Å²) in [6.07, 6.45) is 0. The van der Waals surface area contributed by atoms with Crippen LogP contribution < -0.4 is 10.6 Å². The lowest BCUT2D eigenvalue weighted by Gasteiger charge is -2.23. The monoisotopic (exact) mass is 303 g/mol. The first-order chi connectivity index (χ1) is 10.4. The van der Waals surface area contributed by atoms with Gasteiger partial charge in [-0.1, -0.05) is 35.5 Å². The van der Waals surface area contributed by atoms with E-state index in [1.807, 2.05) is 6.07 Å². The van der Waals surface area contributed by atoms with Crippen LogP contribution >= 0.6 is 0 Å². The van der Waals surface area contributed by atoms with Crippen LogP contribution in [0.4, 0.5) is 5.82 Å². The highest BCUT2D eigenvalue weighted by molar-refractivity contribution is 6.39. The molecule has 0 spiro atoms. The number of aromatic nitrogens is 1. The van der Waals surface area contributed by atoms with Crippen LogP contribution in [-0.4, -0.2) is 28.6 Å². The van der Waals surface area contributed by atoms with Gasteiger partial charge in [-0.15, -0.1) is 0 Å². The van der Waals surface area contributed by atoms with Crippen LogP contribution in [-0.2, 0) is 15.2 Å². The van der Waals surface area contributed by atoms with E-state index in [9.17, 15) is 14.7 Å². The normalized spacial score (nSPS) is 13.2. The van der Waals surface area contributed by atoms with Gasteiger partial charge in [-0.3, -0.25) is 14.9 Å². The minimum atomic E-state index is -1.28. The minimum absolute atomic E-state index is 0.0961. The molecule has 0 saturated carbocycles. The summed E-state index contributed by atoms with van der Waals surface area (Å²) in [5, 5.41) is 18.6. The van der Waals surface area contributed by atoms with E-state index in [-0.39, 0.29) is 12.4 Å². The highest BCUT2D eigenvalue weighted by Crippen LogP contribution is 2.18. The van der Waals surface area contributed by atoms with E-state index in [0.29, 0.717) is 11.3 Å². The Labute approximate surface area is 127 Å². The summed E-state index contributed by atoms with van der Waals surface area (Å²) in [6.45, 7) is 3.13. The maximum atomic E-state index is 11.7. The van der Waals surface area contributed by atoms with E-state index in [1.165, 1.54) is 6.07 Å². The number of hydrogen-bond acceptors (Lipinski definition) is 5. The Morgan fingerprint density at radius 1 is 1.27 bits per heavy atom. The van der Waals surface area contributed by atoms with Gasteiger partial charge < -0.3 is 14.9 Å². The van der Waals surface area contributed by atoms with Crippen LogP contribution in [0.25, 0.3) is 0 Å². The molecule has 0 aliphatic carbocycles. The second kappa shape index (κ2) is 6.40. The van der Waals surface area contributed by atoms with E-state index in [4.69, 9.17) is 4.52 Å². The molecule has 0 radical (unpaired) electrons. The van der Waals surface area contributed by atoms with Gasteiger partial charge in [-0.2, -0.15) is 0 Å². The van der Waals surface area contributed by atoms with Gasteiger partial charge in [0.2, 0.25) is 0 Å². The molecule has 22 heavy (non-hydrogen) atoms. The Morgan fingerprint density at radius 2 is 1.95 bits per heavy atom. The Balaban J connectivity index is 1.90. The first-order valence-corrected chi connectivity index (χ1v) is 6.69.